The van der Waals surface area contributed by atoms with Crippen molar-refractivity contribution in [2.45, 2.75) is 37.8 Å². The number of nitrogens with one attached hydrogen (secondary N) is 1. The maximum absolute atomic E-state index is 6.40. The molecule has 1 aliphatic heterocycles. The summed E-state index contributed by atoms with van der Waals surface area (Å²) in [5.74, 6) is 3.35. The zero-order valence-electron chi connectivity index (χ0n) is 15.8. The Morgan fingerprint density at radius 3 is 2.77 bits per heavy atom. The highest BCUT2D eigenvalue weighted by atomic mass is 16.5. The fourth-order valence-corrected chi connectivity index (χ4v) is 4.94. The highest BCUT2D eigenvalue weighted by Crippen LogP contribution is 2.41. The molecule has 0 spiro atoms. The van der Waals surface area contributed by atoms with Crippen molar-refractivity contribution in [2.24, 2.45) is 17.8 Å². The molecule has 3 fully saturated rings. The Morgan fingerprint density at radius 2 is 2.00 bits per heavy atom. The van der Waals surface area contributed by atoms with Gasteiger partial charge in [0.05, 0.1) is 11.5 Å². The van der Waals surface area contributed by atoms with Crippen molar-refractivity contribution in [3.8, 4) is 0 Å². The minimum Gasteiger partial charge on any atom is -0.376 e. The van der Waals surface area contributed by atoms with Gasteiger partial charge in [0.1, 0.15) is 17.8 Å². The number of nitrogens with zero attached hydrogens (tertiary/aromatic N) is 4. The van der Waals surface area contributed by atoms with Crippen LogP contribution < -0.4 is 4.90 Å². The van der Waals surface area contributed by atoms with Gasteiger partial charge in [-0.25, -0.2) is 9.97 Å². The Kier molecular flexibility index (Phi) is 4.13. The topological polar surface area (TPSA) is 57.3 Å². The molecule has 6 nitrogen and oxygen atoms in total. The molecule has 0 bridgehead atoms. The Balaban J connectivity index is 1.34. The van der Waals surface area contributed by atoms with E-state index in [1.807, 2.05) is 6.20 Å². The van der Waals surface area contributed by atoms with E-state index in [-0.39, 0.29) is 0 Å². The van der Waals surface area contributed by atoms with E-state index >= 15 is 0 Å². The van der Waals surface area contributed by atoms with E-state index in [2.05, 4.69) is 44.9 Å². The molecule has 2 aromatic rings. The zero-order chi connectivity index (χ0) is 17.7. The summed E-state index contributed by atoms with van der Waals surface area (Å²) in [6.07, 6.45) is 9.14. The second-order valence-electron chi connectivity index (χ2n) is 8.68. The monoisotopic (exact) mass is 355 g/mol. The molecule has 26 heavy (non-hydrogen) atoms. The van der Waals surface area contributed by atoms with E-state index < -0.39 is 0 Å². The number of hydrogen-bond acceptors (Lipinski definition) is 5. The van der Waals surface area contributed by atoms with Crippen LogP contribution in [0.5, 0.6) is 0 Å². The van der Waals surface area contributed by atoms with Crippen LogP contribution in [0, 0.1) is 17.8 Å². The van der Waals surface area contributed by atoms with Crippen molar-refractivity contribution in [3.05, 3.63) is 18.6 Å². The molecule has 3 aliphatic rings. The van der Waals surface area contributed by atoms with Crippen LogP contribution in [0.15, 0.2) is 18.6 Å². The van der Waals surface area contributed by atoms with Gasteiger partial charge in [0.2, 0.25) is 0 Å². The second kappa shape index (κ2) is 6.50. The van der Waals surface area contributed by atoms with Gasteiger partial charge in [0.25, 0.3) is 0 Å². The van der Waals surface area contributed by atoms with E-state index in [1.54, 1.807) is 6.33 Å². The smallest absolute Gasteiger partial charge is 0.142 e. The van der Waals surface area contributed by atoms with Gasteiger partial charge < -0.3 is 19.5 Å². The van der Waals surface area contributed by atoms with Gasteiger partial charge in [-0.3, -0.25) is 0 Å². The van der Waals surface area contributed by atoms with Crippen molar-refractivity contribution < 1.29 is 4.74 Å². The number of aromatic amines is 1. The number of rotatable bonds is 5. The van der Waals surface area contributed by atoms with E-state index in [1.165, 1.54) is 25.7 Å². The van der Waals surface area contributed by atoms with Gasteiger partial charge in [0.15, 0.2) is 0 Å². The van der Waals surface area contributed by atoms with Gasteiger partial charge in [-0.15, -0.1) is 0 Å². The molecule has 140 valence electrons. The third kappa shape index (κ3) is 2.99. The first-order chi connectivity index (χ1) is 12.7. The summed E-state index contributed by atoms with van der Waals surface area (Å²) in [5, 5.41) is 1.14. The van der Waals surface area contributed by atoms with Crippen molar-refractivity contribution in [1.82, 2.24) is 19.9 Å². The average molecular weight is 355 g/mol. The summed E-state index contributed by atoms with van der Waals surface area (Å²) < 4.78 is 6.40. The van der Waals surface area contributed by atoms with Crippen LogP contribution in [0.3, 0.4) is 0 Å². The minimum absolute atomic E-state index is 0.379. The van der Waals surface area contributed by atoms with Crippen molar-refractivity contribution in [2.75, 3.05) is 38.7 Å². The summed E-state index contributed by atoms with van der Waals surface area (Å²) >= 11 is 0. The highest BCUT2D eigenvalue weighted by molar-refractivity contribution is 5.87. The predicted octanol–water partition coefficient (Wildman–Crippen LogP) is 2.53. The first-order valence-corrected chi connectivity index (χ1v) is 10.00. The van der Waals surface area contributed by atoms with E-state index in [0.29, 0.717) is 18.1 Å². The number of anilines is 1. The number of H-pyrrole nitrogens is 1. The number of hydrogen-bond donors (Lipinski definition) is 1. The fraction of sp³-hybridized carbons (Fsp3) is 0.700. The van der Waals surface area contributed by atoms with Crippen LogP contribution in [0.2, 0.25) is 0 Å². The lowest BCUT2D eigenvalue weighted by atomic mass is 9.77. The molecule has 3 heterocycles. The Labute approximate surface area is 154 Å². The Hall–Kier alpha value is -1.66. The third-order valence-corrected chi connectivity index (χ3v) is 6.62. The second-order valence-corrected chi connectivity index (χ2v) is 8.68. The molecule has 0 aromatic carbocycles. The predicted molar refractivity (Wildman–Crippen MR) is 102 cm³/mol. The summed E-state index contributed by atoms with van der Waals surface area (Å²) in [6.45, 7) is 3.15. The molecule has 1 saturated heterocycles. The maximum Gasteiger partial charge on any atom is 0.142 e. The van der Waals surface area contributed by atoms with Crippen molar-refractivity contribution in [1.29, 1.82) is 0 Å². The molecule has 0 radical (unpaired) electrons. The quantitative estimate of drug-likeness (QED) is 0.893. The maximum atomic E-state index is 6.40. The standard InChI is InChI=1S/C20H29N5O/c1-24(2)17-7-14-9-25(20-16-5-6-21-19(16)22-12-23-20)10-15(14)8-18(17)26-11-13-3-4-13/h5-6,12-15,17-18H,3-4,7-11H2,1-2H3,(H,21,22,23)/t14-,15+,17-,18-/m1/s1. The summed E-state index contributed by atoms with van der Waals surface area (Å²) in [4.78, 5) is 17.0. The van der Waals surface area contributed by atoms with Crippen LogP contribution in [-0.4, -0.2) is 65.8 Å². The van der Waals surface area contributed by atoms with Crippen LogP contribution in [0.4, 0.5) is 5.82 Å². The van der Waals surface area contributed by atoms with Gasteiger partial charge >= 0.3 is 0 Å². The number of aromatic nitrogens is 3. The van der Waals surface area contributed by atoms with Crippen LogP contribution in [-0.2, 0) is 4.74 Å². The lowest BCUT2D eigenvalue weighted by Gasteiger charge is -2.41. The van der Waals surface area contributed by atoms with Crippen LogP contribution in [0.1, 0.15) is 25.7 Å². The van der Waals surface area contributed by atoms with E-state index in [9.17, 15) is 0 Å². The average Bonchev–Trinajstić information content (AvgIpc) is 3.17. The molecular weight excluding hydrogens is 326 g/mol. The van der Waals surface area contributed by atoms with Crippen molar-refractivity contribution in [3.63, 3.8) is 0 Å². The van der Waals surface area contributed by atoms with Gasteiger partial charge in [0, 0.05) is 31.9 Å². The molecule has 0 unspecified atom stereocenters. The van der Waals surface area contributed by atoms with Crippen molar-refractivity contribution >= 4 is 16.9 Å². The summed E-state index contributed by atoms with van der Waals surface area (Å²) in [6, 6.07) is 2.63. The fourth-order valence-electron chi connectivity index (χ4n) is 4.94. The Bertz CT molecular complexity index is 770. The summed E-state index contributed by atoms with van der Waals surface area (Å²) in [7, 11) is 4.41. The third-order valence-electron chi connectivity index (χ3n) is 6.62. The van der Waals surface area contributed by atoms with Crippen LogP contribution in [0.25, 0.3) is 11.0 Å². The van der Waals surface area contributed by atoms with Gasteiger partial charge in [-0.2, -0.15) is 0 Å². The van der Waals surface area contributed by atoms with E-state index in [4.69, 9.17) is 4.74 Å². The molecule has 2 saturated carbocycles. The summed E-state index contributed by atoms with van der Waals surface area (Å²) in [5.41, 5.74) is 0.932. The highest BCUT2D eigenvalue weighted by Gasteiger charge is 2.44. The zero-order valence-corrected chi connectivity index (χ0v) is 15.8. The number of likely N-dealkylation sites (N-methyl/N-ethyl adjacent to an activating group) is 1. The van der Waals surface area contributed by atoms with Gasteiger partial charge in [-0.1, -0.05) is 0 Å². The molecule has 2 aliphatic carbocycles. The lowest BCUT2D eigenvalue weighted by Crippen LogP contribution is -2.48. The molecule has 0 amide bonds. The molecule has 2 aromatic heterocycles. The SMILES string of the molecule is CN(C)[C@@H]1C[C@@H]2CN(c3ncnc4[nH]ccc34)C[C@@H]2C[C@H]1OCC1CC1. The molecule has 5 rings (SSSR count). The number of ether oxygens (including phenoxy) is 1. The van der Waals surface area contributed by atoms with E-state index in [0.717, 1.165) is 48.4 Å². The van der Waals surface area contributed by atoms with Crippen LogP contribution >= 0.6 is 0 Å². The first kappa shape index (κ1) is 16.5. The minimum atomic E-state index is 0.379. The lowest BCUT2D eigenvalue weighted by molar-refractivity contribution is -0.0493. The Morgan fingerprint density at radius 1 is 1.19 bits per heavy atom. The molecule has 1 N–H and O–H groups in total. The van der Waals surface area contributed by atoms with Gasteiger partial charge in [-0.05, 0) is 63.6 Å². The largest absolute Gasteiger partial charge is 0.376 e. The molecule has 6 heteroatoms. The number of fused-ring (bicyclic) bond motifs is 2. The molecule has 4 atom stereocenters. The normalized spacial score (nSPS) is 31.7. The first-order valence-electron chi connectivity index (χ1n) is 10.00. The molecular formula is C20H29N5O.